The minimum atomic E-state index is -0.684. The zero-order chi connectivity index (χ0) is 15.8. The Balaban J connectivity index is 2.39. The van der Waals surface area contributed by atoms with Gasteiger partial charge < -0.3 is 10.5 Å². The van der Waals surface area contributed by atoms with Gasteiger partial charge in [-0.05, 0) is 32.9 Å². The van der Waals surface area contributed by atoms with Gasteiger partial charge in [0.15, 0.2) is 5.65 Å². The molecule has 2 heterocycles. The number of carbonyl (C=O) groups is 2. The topological polar surface area (TPSA) is 116 Å². The molecule has 2 N–H and O–H groups in total. The molecule has 112 valence electrons. The highest BCUT2D eigenvalue weighted by molar-refractivity contribution is 5.91. The van der Waals surface area contributed by atoms with E-state index in [9.17, 15) is 9.59 Å². The molecule has 0 aliphatic heterocycles. The molecule has 0 saturated carbocycles. The zero-order valence-electron chi connectivity index (χ0n) is 12.2. The van der Waals surface area contributed by atoms with E-state index in [1.165, 1.54) is 23.7 Å². The fraction of sp³-hybridized carbons (Fsp3) is 0.417. The number of rotatable bonds is 2. The van der Waals surface area contributed by atoms with E-state index in [2.05, 4.69) is 15.3 Å². The molecule has 0 aromatic carbocycles. The molecule has 21 heavy (non-hydrogen) atoms. The molecule has 9 nitrogen and oxygen atoms in total. The summed E-state index contributed by atoms with van der Waals surface area (Å²) in [4.78, 5) is 24.3. The predicted molar refractivity (Wildman–Crippen MR) is 73.9 cm³/mol. The van der Waals surface area contributed by atoms with E-state index >= 15 is 0 Å². The standard InChI is InChI=1S/C12H16N6O3/c1-12(2,3)21-11(20)17(4)10-15-14-8-6-5-7(9(13)19)16-18(8)10/h5-6H,1-4H3,(H2,13,19). The van der Waals surface area contributed by atoms with E-state index in [1.807, 2.05) is 0 Å². The Morgan fingerprint density at radius 2 is 1.95 bits per heavy atom. The van der Waals surface area contributed by atoms with E-state index < -0.39 is 17.6 Å². The molecule has 0 aliphatic rings. The average molecular weight is 292 g/mol. The van der Waals surface area contributed by atoms with Gasteiger partial charge in [-0.2, -0.15) is 9.61 Å². The minimum absolute atomic E-state index is 0.0427. The minimum Gasteiger partial charge on any atom is -0.443 e. The smallest absolute Gasteiger partial charge is 0.416 e. The summed E-state index contributed by atoms with van der Waals surface area (Å²) >= 11 is 0. The Morgan fingerprint density at radius 1 is 1.29 bits per heavy atom. The summed E-state index contributed by atoms with van der Waals surface area (Å²) < 4.78 is 6.49. The van der Waals surface area contributed by atoms with Gasteiger partial charge in [0.2, 0.25) is 0 Å². The Morgan fingerprint density at radius 3 is 2.52 bits per heavy atom. The summed E-state index contributed by atoms with van der Waals surface area (Å²) in [7, 11) is 1.48. The van der Waals surface area contributed by atoms with Crippen LogP contribution in [0.1, 0.15) is 31.3 Å². The van der Waals surface area contributed by atoms with Gasteiger partial charge in [-0.15, -0.1) is 10.2 Å². The van der Waals surface area contributed by atoms with Crippen molar-refractivity contribution in [3.8, 4) is 0 Å². The van der Waals surface area contributed by atoms with E-state index in [0.717, 1.165) is 4.90 Å². The second-order valence-corrected chi connectivity index (χ2v) is 5.39. The zero-order valence-corrected chi connectivity index (χ0v) is 12.2. The second-order valence-electron chi connectivity index (χ2n) is 5.39. The van der Waals surface area contributed by atoms with Crippen molar-refractivity contribution in [3.63, 3.8) is 0 Å². The normalized spacial score (nSPS) is 11.4. The van der Waals surface area contributed by atoms with Gasteiger partial charge in [-0.1, -0.05) is 0 Å². The highest BCUT2D eigenvalue weighted by Gasteiger charge is 2.24. The van der Waals surface area contributed by atoms with Crippen LogP contribution in [0.25, 0.3) is 5.65 Å². The van der Waals surface area contributed by atoms with Crippen molar-refractivity contribution in [2.75, 3.05) is 11.9 Å². The average Bonchev–Trinajstić information content (AvgIpc) is 2.78. The van der Waals surface area contributed by atoms with Crippen LogP contribution in [0.3, 0.4) is 0 Å². The molecule has 0 saturated heterocycles. The van der Waals surface area contributed by atoms with Crippen LogP contribution >= 0.6 is 0 Å². The third kappa shape index (κ3) is 3.07. The number of nitrogens with two attached hydrogens (primary N) is 1. The van der Waals surface area contributed by atoms with E-state index in [1.54, 1.807) is 20.8 Å². The number of ether oxygens (including phenoxy) is 1. The van der Waals surface area contributed by atoms with Crippen molar-refractivity contribution in [2.24, 2.45) is 5.73 Å². The Labute approximate surface area is 120 Å². The van der Waals surface area contributed by atoms with Crippen LogP contribution < -0.4 is 10.6 Å². The van der Waals surface area contributed by atoms with E-state index in [0.29, 0.717) is 5.65 Å². The molecule has 2 rings (SSSR count). The van der Waals surface area contributed by atoms with Crippen LogP contribution in [0.2, 0.25) is 0 Å². The number of nitrogens with zero attached hydrogens (tertiary/aromatic N) is 5. The van der Waals surface area contributed by atoms with Crippen molar-refractivity contribution < 1.29 is 14.3 Å². The number of fused-ring (bicyclic) bond motifs is 1. The van der Waals surface area contributed by atoms with Gasteiger partial charge in [0.25, 0.3) is 11.9 Å². The van der Waals surface area contributed by atoms with Gasteiger partial charge in [-0.3, -0.25) is 4.79 Å². The largest absolute Gasteiger partial charge is 0.443 e. The van der Waals surface area contributed by atoms with E-state index in [-0.39, 0.29) is 11.6 Å². The van der Waals surface area contributed by atoms with Gasteiger partial charge in [0.1, 0.15) is 11.3 Å². The van der Waals surface area contributed by atoms with Gasteiger partial charge in [-0.25, -0.2) is 9.69 Å². The van der Waals surface area contributed by atoms with Gasteiger partial charge in [0.05, 0.1) is 0 Å². The van der Waals surface area contributed by atoms with Gasteiger partial charge in [0, 0.05) is 7.05 Å². The third-order valence-corrected chi connectivity index (χ3v) is 2.47. The number of anilines is 1. The second kappa shape index (κ2) is 5.00. The molecule has 0 fully saturated rings. The summed E-state index contributed by atoms with van der Waals surface area (Å²) in [6, 6.07) is 2.97. The Hall–Kier alpha value is -2.71. The van der Waals surface area contributed by atoms with Crippen molar-refractivity contribution in [1.82, 2.24) is 19.8 Å². The van der Waals surface area contributed by atoms with Crippen LogP contribution in [-0.2, 0) is 4.74 Å². The molecule has 0 aliphatic carbocycles. The van der Waals surface area contributed by atoms with Crippen molar-refractivity contribution in [1.29, 1.82) is 0 Å². The van der Waals surface area contributed by atoms with Crippen molar-refractivity contribution in [3.05, 3.63) is 17.8 Å². The first-order valence-electron chi connectivity index (χ1n) is 6.18. The molecule has 0 bridgehead atoms. The van der Waals surface area contributed by atoms with Gasteiger partial charge >= 0.3 is 6.09 Å². The summed E-state index contributed by atoms with van der Waals surface area (Å²) in [5.74, 6) is -0.557. The number of aromatic nitrogens is 4. The monoisotopic (exact) mass is 292 g/mol. The third-order valence-electron chi connectivity index (χ3n) is 2.47. The first kappa shape index (κ1) is 14.7. The maximum Gasteiger partial charge on any atom is 0.416 e. The lowest BCUT2D eigenvalue weighted by molar-refractivity contribution is 0.0586. The van der Waals surface area contributed by atoms with Crippen molar-refractivity contribution in [2.45, 2.75) is 26.4 Å². The maximum atomic E-state index is 12.0. The Kier molecular flexibility index (Phi) is 3.50. The van der Waals surface area contributed by atoms with Crippen LogP contribution in [-0.4, -0.2) is 44.5 Å². The molecule has 2 aromatic heterocycles. The fourth-order valence-electron chi connectivity index (χ4n) is 1.53. The molecule has 0 atom stereocenters. The van der Waals surface area contributed by atoms with Crippen LogP contribution in [0.15, 0.2) is 12.1 Å². The maximum absolute atomic E-state index is 12.0. The van der Waals surface area contributed by atoms with Crippen molar-refractivity contribution >= 4 is 23.6 Å². The lowest BCUT2D eigenvalue weighted by Gasteiger charge is -2.23. The van der Waals surface area contributed by atoms with Crippen LogP contribution in [0, 0.1) is 0 Å². The van der Waals surface area contributed by atoms with Crippen LogP contribution in [0.5, 0.6) is 0 Å². The molecule has 2 amide bonds. The summed E-state index contributed by atoms with van der Waals surface area (Å²) in [5, 5.41) is 11.7. The van der Waals surface area contributed by atoms with E-state index in [4.69, 9.17) is 10.5 Å². The predicted octanol–water partition coefficient (Wildman–Crippen LogP) is 0.594. The first-order chi connectivity index (χ1) is 9.69. The lowest BCUT2D eigenvalue weighted by Crippen LogP contribution is -2.35. The molecular formula is C12H16N6O3. The molecule has 0 radical (unpaired) electrons. The summed E-state index contributed by atoms with van der Waals surface area (Å²) in [6.07, 6.45) is -0.608. The number of carbonyl (C=O) groups excluding carboxylic acids is 2. The first-order valence-corrected chi connectivity index (χ1v) is 6.18. The number of amides is 2. The fourth-order valence-corrected chi connectivity index (χ4v) is 1.53. The number of hydrogen-bond acceptors (Lipinski definition) is 6. The quantitative estimate of drug-likeness (QED) is 0.866. The molecule has 2 aromatic rings. The highest BCUT2D eigenvalue weighted by Crippen LogP contribution is 2.15. The number of hydrogen-bond donors (Lipinski definition) is 1. The summed E-state index contributed by atoms with van der Waals surface area (Å²) in [6.45, 7) is 5.26. The lowest BCUT2D eigenvalue weighted by atomic mass is 10.2. The molecule has 0 spiro atoms. The summed E-state index contributed by atoms with van der Waals surface area (Å²) in [5.41, 5.74) is 4.96. The molecule has 9 heteroatoms. The SMILES string of the molecule is CN(C(=O)OC(C)(C)C)c1nnc2ccc(C(N)=O)nn12. The number of primary amides is 1. The van der Waals surface area contributed by atoms with Crippen LogP contribution in [0.4, 0.5) is 10.7 Å². The molecule has 0 unspecified atom stereocenters. The molecular weight excluding hydrogens is 276 g/mol. The Bertz CT molecular complexity index is 703. The highest BCUT2D eigenvalue weighted by atomic mass is 16.6.